The Balaban J connectivity index is 2.95. The van der Waals surface area contributed by atoms with Crippen molar-refractivity contribution in [2.24, 2.45) is 4.99 Å². The Bertz CT molecular complexity index is 373. The molecule has 0 aromatic heterocycles. The lowest BCUT2D eigenvalue weighted by atomic mass is 10.3. The molecule has 1 atom stereocenters. The number of nitrogens with zero attached hydrogens (tertiary/aromatic N) is 1. The summed E-state index contributed by atoms with van der Waals surface area (Å²) in [5, 5.41) is 0. The maximum Gasteiger partial charge on any atom is 0.468 e. The summed E-state index contributed by atoms with van der Waals surface area (Å²) in [5.74, 6) is -1.20. The summed E-state index contributed by atoms with van der Waals surface area (Å²) in [6, 6.07) is 7.94. The average Bonchev–Trinajstić information content (AvgIpc) is 2.28. The van der Waals surface area contributed by atoms with Gasteiger partial charge in [0.05, 0.1) is 11.8 Å². The molecule has 0 saturated carbocycles. The van der Waals surface area contributed by atoms with Gasteiger partial charge in [-0.2, -0.15) is 13.2 Å². The Labute approximate surface area is 98.1 Å². The molecule has 1 aromatic rings. The van der Waals surface area contributed by atoms with Crippen LogP contribution in [0.15, 0.2) is 35.3 Å². The Kier molecular flexibility index (Phi) is 4.54. The van der Waals surface area contributed by atoms with Gasteiger partial charge in [-0.3, -0.25) is 0 Å². The van der Waals surface area contributed by atoms with Crippen molar-refractivity contribution in [2.75, 3.05) is 0 Å². The van der Waals surface area contributed by atoms with Gasteiger partial charge in [0.25, 0.3) is 5.90 Å². The first-order chi connectivity index (χ1) is 7.93. The van der Waals surface area contributed by atoms with E-state index in [1.807, 2.05) is 0 Å². The molecule has 1 rings (SSSR count). The van der Waals surface area contributed by atoms with Gasteiger partial charge >= 0.3 is 6.18 Å². The summed E-state index contributed by atoms with van der Waals surface area (Å²) in [4.78, 5) is 3.49. The molecular weight excluding hydrogens is 231 g/mol. The third kappa shape index (κ3) is 4.46. The van der Waals surface area contributed by atoms with Crippen molar-refractivity contribution in [3.63, 3.8) is 0 Å². The number of hydrogen-bond donors (Lipinski definition) is 0. The summed E-state index contributed by atoms with van der Waals surface area (Å²) >= 11 is 0. The molecule has 94 valence electrons. The molecule has 0 fully saturated rings. The predicted octanol–water partition coefficient (Wildman–Crippen LogP) is 4.09. The molecule has 5 heteroatoms. The van der Waals surface area contributed by atoms with Crippen LogP contribution in [0.4, 0.5) is 18.9 Å². The number of benzene rings is 1. The van der Waals surface area contributed by atoms with Crippen LogP contribution in [-0.4, -0.2) is 18.2 Å². The standard InChI is InChI=1S/C12H14F3NO/c1-3-9(2)17-11(12(13,14)15)16-10-7-5-4-6-8-10/h4-9H,3H2,1-2H3. The zero-order valence-corrected chi connectivity index (χ0v) is 9.66. The van der Waals surface area contributed by atoms with E-state index in [1.165, 1.54) is 12.1 Å². The van der Waals surface area contributed by atoms with E-state index in [-0.39, 0.29) is 5.69 Å². The van der Waals surface area contributed by atoms with E-state index in [4.69, 9.17) is 4.74 Å². The minimum atomic E-state index is -4.57. The fourth-order valence-electron chi connectivity index (χ4n) is 1.05. The Morgan fingerprint density at radius 1 is 1.29 bits per heavy atom. The smallest absolute Gasteiger partial charge is 0.468 e. The van der Waals surface area contributed by atoms with Crippen LogP contribution in [0.2, 0.25) is 0 Å². The summed E-state index contributed by atoms with van der Waals surface area (Å²) in [5.41, 5.74) is 0.225. The molecule has 0 N–H and O–H groups in total. The van der Waals surface area contributed by atoms with Gasteiger partial charge in [0.2, 0.25) is 0 Å². The molecule has 0 aliphatic carbocycles. The lowest BCUT2D eigenvalue weighted by Gasteiger charge is -2.16. The first-order valence-corrected chi connectivity index (χ1v) is 5.31. The van der Waals surface area contributed by atoms with E-state index >= 15 is 0 Å². The molecule has 0 spiro atoms. The fraction of sp³-hybridized carbons (Fsp3) is 0.417. The number of ether oxygens (including phenoxy) is 1. The molecule has 0 amide bonds. The topological polar surface area (TPSA) is 21.6 Å². The van der Waals surface area contributed by atoms with Crippen molar-refractivity contribution in [3.05, 3.63) is 30.3 Å². The highest BCUT2D eigenvalue weighted by atomic mass is 19.4. The number of para-hydroxylation sites is 1. The van der Waals surface area contributed by atoms with Crippen molar-refractivity contribution in [2.45, 2.75) is 32.5 Å². The molecule has 0 aliphatic rings. The molecule has 0 heterocycles. The van der Waals surface area contributed by atoms with Gasteiger partial charge < -0.3 is 4.74 Å². The van der Waals surface area contributed by atoms with Crippen LogP contribution < -0.4 is 0 Å². The Hall–Kier alpha value is -1.52. The van der Waals surface area contributed by atoms with Gasteiger partial charge in [-0.25, -0.2) is 4.99 Å². The number of alkyl halides is 3. The second kappa shape index (κ2) is 5.70. The van der Waals surface area contributed by atoms with Gasteiger partial charge in [-0.15, -0.1) is 0 Å². The molecular formula is C12H14F3NO. The molecule has 2 nitrogen and oxygen atoms in total. The highest BCUT2D eigenvalue weighted by molar-refractivity contribution is 5.84. The SMILES string of the molecule is CCC(C)OC(=Nc1ccccc1)C(F)(F)F. The van der Waals surface area contributed by atoms with Crippen LogP contribution in [0.25, 0.3) is 0 Å². The average molecular weight is 245 g/mol. The lowest BCUT2D eigenvalue weighted by Crippen LogP contribution is -2.29. The Morgan fingerprint density at radius 3 is 2.35 bits per heavy atom. The van der Waals surface area contributed by atoms with Crippen molar-refractivity contribution in [3.8, 4) is 0 Å². The van der Waals surface area contributed by atoms with E-state index < -0.39 is 18.2 Å². The van der Waals surface area contributed by atoms with Gasteiger partial charge in [0, 0.05) is 0 Å². The third-order valence-corrected chi connectivity index (χ3v) is 2.12. The van der Waals surface area contributed by atoms with E-state index in [0.717, 1.165) is 0 Å². The first-order valence-electron chi connectivity index (χ1n) is 5.31. The number of hydrogen-bond acceptors (Lipinski definition) is 2. The maximum atomic E-state index is 12.6. The molecule has 0 aliphatic heterocycles. The second-order valence-corrected chi connectivity index (χ2v) is 3.59. The Morgan fingerprint density at radius 2 is 1.88 bits per heavy atom. The highest BCUT2D eigenvalue weighted by Gasteiger charge is 2.39. The van der Waals surface area contributed by atoms with Crippen LogP contribution >= 0.6 is 0 Å². The van der Waals surface area contributed by atoms with Gasteiger partial charge in [0.1, 0.15) is 0 Å². The van der Waals surface area contributed by atoms with E-state index in [2.05, 4.69) is 4.99 Å². The third-order valence-electron chi connectivity index (χ3n) is 2.12. The summed E-state index contributed by atoms with van der Waals surface area (Å²) in [6.07, 6.45) is -4.59. The van der Waals surface area contributed by atoms with E-state index in [9.17, 15) is 13.2 Å². The van der Waals surface area contributed by atoms with Crippen LogP contribution in [0.5, 0.6) is 0 Å². The fourth-order valence-corrected chi connectivity index (χ4v) is 1.05. The predicted molar refractivity (Wildman–Crippen MR) is 60.4 cm³/mol. The highest BCUT2D eigenvalue weighted by Crippen LogP contribution is 2.23. The zero-order valence-electron chi connectivity index (χ0n) is 9.66. The van der Waals surface area contributed by atoms with Crippen LogP contribution in [0, 0.1) is 0 Å². The molecule has 0 radical (unpaired) electrons. The molecule has 1 aromatic carbocycles. The second-order valence-electron chi connectivity index (χ2n) is 3.59. The zero-order chi connectivity index (χ0) is 12.9. The van der Waals surface area contributed by atoms with Gasteiger partial charge in [0.15, 0.2) is 0 Å². The van der Waals surface area contributed by atoms with Crippen LogP contribution in [-0.2, 0) is 4.74 Å². The largest absolute Gasteiger partial charge is 0.471 e. The van der Waals surface area contributed by atoms with Crippen molar-refractivity contribution < 1.29 is 17.9 Å². The van der Waals surface area contributed by atoms with Crippen LogP contribution in [0.1, 0.15) is 20.3 Å². The number of halogens is 3. The monoisotopic (exact) mass is 245 g/mol. The van der Waals surface area contributed by atoms with Crippen molar-refractivity contribution in [1.29, 1.82) is 0 Å². The van der Waals surface area contributed by atoms with Gasteiger partial charge in [-0.1, -0.05) is 25.1 Å². The summed E-state index contributed by atoms with van der Waals surface area (Å²) in [7, 11) is 0. The normalized spacial score (nSPS) is 14.5. The van der Waals surface area contributed by atoms with E-state index in [0.29, 0.717) is 6.42 Å². The minimum Gasteiger partial charge on any atom is -0.471 e. The maximum absolute atomic E-state index is 12.6. The number of aliphatic imine (C=N–C) groups is 1. The minimum absolute atomic E-state index is 0.225. The quantitative estimate of drug-likeness (QED) is 0.580. The summed E-state index contributed by atoms with van der Waals surface area (Å²) < 4.78 is 42.7. The molecule has 17 heavy (non-hydrogen) atoms. The molecule has 1 unspecified atom stereocenters. The van der Waals surface area contributed by atoms with Crippen molar-refractivity contribution in [1.82, 2.24) is 0 Å². The van der Waals surface area contributed by atoms with E-state index in [1.54, 1.807) is 32.0 Å². The van der Waals surface area contributed by atoms with Gasteiger partial charge in [-0.05, 0) is 25.5 Å². The molecule has 0 saturated heterocycles. The summed E-state index contributed by atoms with van der Waals surface area (Å²) in [6.45, 7) is 3.33. The number of rotatable bonds is 3. The van der Waals surface area contributed by atoms with Crippen molar-refractivity contribution >= 4 is 11.6 Å². The lowest BCUT2D eigenvalue weighted by molar-refractivity contribution is -0.0825. The van der Waals surface area contributed by atoms with Crippen LogP contribution in [0.3, 0.4) is 0 Å². The first kappa shape index (κ1) is 13.5. The molecule has 0 bridgehead atoms.